The second kappa shape index (κ2) is 9.86. The highest BCUT2D eigenvalue weighted by atomic mass is 35.5. The monoisotopic (exact) mass is 318 g/mol. The Hall–Kier alpha value is -0.970. The number of methoxy groups -OCH3 is 1. The molecule has 6 heteroatoms. The van der Waals surface area contributed by atoms with Crippen LogP contribution in [0.25, 0.3) is 0 Å². The van der Waals surface area contributed by atoms with Gasteiger partial charge >= 0.3 is 6.03 Å². The number of urea groups is 1. The Labute approximate surface area is 129 Å². The number of benzene rings is 1. The smallest absolute Gasteiger partial charge is 0.314 e. The molecule has 4 nitrogen and oxygen atoms in total. The van der Waals surface area contributed by atoms with E-state index in [1.807, 2.05) is 12.1 Å². The van der Waals surface area contributed by atoms with Gasteiger partial charge in [-0.15, -0.1) is 0 Å². The van der Waals surface area contributed by atoms with Gasteiger partial charge in [0.15, 0.2) is 0 Å². The predicted octanol–water partition coefficient (Wildman–Crippen LogP) is 3.26. The van der Waals surface area contributed by atoms with E-state index in [1.54, 1.807) is 13.2 Å². The van der Waals surface area contributed by atoms with Crippen molar-refractivity contribution in [1.29, 1.82) is 0 Å². The van der Waals surface area contributed by atoms with Crippen LogP contribution in [0.1, 0.15) is 18.4 Å². The van der Waals surface area contributed by atoms with Crippen molar-refractivity contribution in [2.75, 3.05) is 26.8 Å². The zero-order valence-electron chi connectivity index (χ0n) is 11.5. The quantitative estimate of drug-likeness (QED) is 0.723. The highest BCUT2D eigenvalue weighted by Gasteiger charge is 2.01. The molecule has 1 rings (SSSR count). The summed E-state index contributed by atoms with van der Waals surface area (Å²) in [6, 6.07) is 5.22. The number of halogens is 2. The minimum absolute atomic E-state index is 0.157. The third-order valence-electron chi connectivity index (χ3n) is 2.68. The van der Waals surface area contributed by atoms with Gasteiger partial charge < -0.3 is 15.4 Å². The van der Waals surface area contributed by atoms with E-state index in [1.165, 1.54) is 0 Å². The summed E-state index contributed by atoms with van der Waals surface area (Å²) in [4.78, 5) is 11.5. The van der Waals surface area contributed by atoms with E-state index >= 15 is 0 Å². The normalized spacial score (nSPS) is 10.3. The highest BCUT2D eigenvalue weighted by molar-refractivity contribution is 6.34. The zero-order chi connectivity index (χ0) is 14.8. The number of hydrogen-bond donors (Lipinski definition) is 2. The van der Waals surface area contributed by atoms with E-state index in [0.29, 0.717) is 29.6 Å². The minimum Gasteiger partial charge on any atom is -0.385 e. The largest absolute Gasteiger partial charge is 0.385 e. The standard InChI is InChI=1S/C14H20Cl2N2O2/c1-20-7-3-2-5-17-14(19)18-6-4-11-8-12(15)10-13(16)9-11/h8-10H,2-7H2,1H3,(H2,17,18,19). The van der Waals surface area contributed by atoms with Crippen molar-refractivity contribution in [2.45, 2.75) is 19.3 Å². The molecule has 2 N–H and O–H groups in total. The molecule has 2 amide bonds. The minimum atomic E-state index is -0.157. The fraction of sp³-hybridized carbons (Fsp3) is 0.500. The summed E-state index contributed by atoms with van der Waals surface area (Å²) in [5.41, 5.74) is 1.00. The molecule has 0 spiro atoms. The van der Waals surface area contributed by atoms with E-state index in [4.69, 9.17) is 27.9 Å². The lowest BCUT2D eigenvalue weighted by molar-refractivity contribution is 0.192. The molecule has 0 aliphatic rings. The van der Waals surface area contributed by atoms with Crippen LogP contribution in [0.3, 0.4) is 0 Å². The van der Waals surface area contributed by atoms with E-state index in [2.05, 4.69) is 10.6 Å². The van der Waals surface area contributed by atoms with Gasteiger partial charge in [-0.05, 0) is 43.0 Å². The zero-order valence-corrected chi connectivity index (χ0v) is 13.1. The Bertz CT molecular complexity index is 407. The summed E-state index contributed by atoms with van der Waals surface area (Å²) in [5, 5.41) is 6.80. The first kappa shape index (κ1) is 17.1. The van der Waals surface area contributed by atoms with Crippen LogP contribution in [0.2, 0.25) is 10.0 Å². The summed E-state index contributed by atoms with van der Waals surface area (Å²) in [6.07, 6.45) is 2.54. The summed E-state index contributed by atoms with van der Waals surface area (Å²) in [5.74, 6) is 0. The lowest BCUT2D eigenvalue weighted by atomic mass is 10.1. The van der Waals surface area contributed by atoms with Gasteiger partial charge in [0, 0.05) is 36.9 Å². The fourth-order valence-electron chi connectivity index (χ4n) is 1.71. The van der Waals surface area contributed by atoms with Crippen LogP contribution < -0.4 is 10.6 Å². The average molecular weight is 319 g/mol. The van der Waals surface area contributed by atoms with Gasteiger partial charge in [-0.2, -0.15) is 0 Å². The third-order valence-corrected chi connectivity index (χ3v) is 3.12. The Kier molecular flexibility index (Phi) is 8.42. The molecule has 1 aromatic carbocycles. The summed E-state index contributed by atoms with van der Waals surface area (Å²) < 4.78 is 4.93. The Morgan fingerprint density at radius 1 is 1.10 bits per heavy atom. The number of carbonyl (C=O) groups excluding carboxylic acids is 1. The summed E-state index contributed by atoms with van der Waals surface area (Å²) in [6.45, 7) is 1.91. The molecule has 0 aliphatic carbocycles. The second-order valence-electron chi connectivity index (χ2n) is 4.41. The molecule has 0 aromatic heterocycles. The molecular formula is C14H20Cl2N2O2. The van der Waals surface area contributed by atoms with Crippen LogP contribution in [0.5, 0.6) is 0 Å². The first-order valence-electron chi connectivity index (χ1n) is 6.57. The molecule has 0 unspecified atom stereocenters. The van der Waals surface area contributed by atoms with Crippen molar-refractivity contribution in [3.05, 3.63) is 33.8 Å². The number of ether oxygens (including phenoxy) is 1. The van der Waals surface area contributed by atoms with E-state index in [-0.39, 0.29) is 6.03 Å². The first-order chi connectivity index (χ1) is 9.61. The maximum Gasteiger partial charge on any atom is 0.314 e. The van der Waals surface area contributed by atoms with Gasteiger partial charge in [-0.3, -0.25) is 0 Å². The van der Waals surface area contributed by atoms with Gasteiger partial charge in [0.05, 0.1) is 0 Å². The van der Waals surface area contributed by atoms with Gasteiger partial charge in [0.1, 0.15) is 0 Å². The fourth-order valence-corrected chi connectivity index (χ4v) is 2.28. The van der Waals surface area contributed by atoms with Crippen molar-refractivity contribution in [3.63, 3.8) is 0 Å². The molecule has 20 heavy (non-hydrogen) atoms. The molecule has 1 aromatic rings. The molecule has 112 valence electrons. The van der Waals surface area contributed by atoms with Gasteiger partial charge in [-0.1, -0.05) is 23.2 Å². The van der Waals surface area contributed by atoms with Crippen LogP contribution in [-0.2, 0) is 11.2 Å². The molecule has 0 heterocycles. The van der Waals surface area contributed by atoms with Gasteiger partial charge in [0.25, 0.3) is 0 Å². The van der Waals surface area contributed by atoms with Crippen LogP contribution in [-0.4, -0.2) is 32.8 Å². The number of carbonyl (C=O) groups is 1. The summed E-state index contributed by atoms with van der Waals surface area (Å²) in [7, 11) is 1.67. The molecule has 0 radical (unpaired) electrons. The van der Waals surface area contributed by atoms with Crippen molar-refractivity contribution in [2.24, 2.45) is 0 Å². The Morgan fingerprint density at radius 2 is 1.75 bits per heavy atom. The van der Waals surface area contributed by atoms with Crippen molar-refractivity contribution in [3.8, 4) is 0 Å². The number of nitrogens with one attached hydrogen (secondary N) is 2. The number of unbranched alkanes of at least 4 members (excludes halogenated alkanes) is 1. The van der Waals surface area contributed by atoms with Crippen molar-refractivity contribution < 1.29 is 9.53 Å². The van der Waals surface area contributed by atoms with Gasteiger partial charge in [-0.25, -0.2) is 4.79 Å². The van der Waals surface area contributed by atoms with Crippen molar-refractivity contribution in [1.82, 2.24) is 10.6 Å². The van der Waals surface area contributed by atoms with Gasteiger partial charge in [0.2, 0.25) is 0 Å². The lowest BCUT2D eigenvalue weighted by Gasteiger charge is -2.08. The maximum atomic E-state index is 11.5. The molecule has 0 saturated heterocycles. The van der Waals surface area contributed by atoms with Crippen LogP contribution in [0.4, 0.5) is 4.79 Å². The number of amides is 2. The average Bonchev–Trinajstić information content (AvgIpc) is 2.37. The third kappa shape index (κ3) is 7.58. The number of hydrogen-bond acceptors (Lipinski definition) is 2. The van der Waals surface area contributed by atoms with E-state index < -0.39 is 0 Å². The molecule has 0 bridgehead atoms. The molecular weight excluding hydrogens is 299 g/mol. The Balaban J connectivity index is 2.15. The lowest BCUT2D eigenvalue weighted by Crippen LogP contribution is -2.37. The molecule has 0 saturated carbocycles. The molecule has 0 aliphatic heterocycles. The van der Waals surface area contributed by atoms with Crippen molar-refractivity contribution >= 4 is 29.2 Å². The van der Waals surface area contributed by atoms with Crippen LogP contribution in [0, 0.1) is 0 Å². The van der Waals surface area contributed by atoms with E-state index in [0.717, 1.165) is 25.0 Å². The Morgan fingerprint density at radius 3 is 2.40 bits per heavy atom. The van der Waals surface area contributed by atoms with E-state index in [9.17, 15) is 4.79 Å². The highest BCUT2D eigenvalue weighted by Crippen LogP contribution is 2.19. The van der Waals surface area contributed by atoms with Crippen LogP contribution in [0.15, 0.2) is 18.2 Å². The SMILES string of the molecule is COCCCCNC(=O)NCCc1cc(Cl)cc(Cl)c1. The maximum absolute atomic E-state index is 11.5. The first-order valence-corrected chi connectivity index (χ1v) is 7.33. The molecule has 0 atom stereocenters. The second-order valence-corrected chi connectivity index (χ2v) is 5.28. The summed E-state index contributed by atoms with van der Waals surface area (Å²) >= 11 is 11.8. The topological polar surface area (TPSA) is 50.4 Å². The molecule has 0 fully saturated rings. The predicted molar refractivity (Wildman–Crippen MR) is 82.7 cm³/mol. The number of rotatable bonds is 8. The van der Waals surface area contributed by atoms with Crippen LogP contribution >= 0.6 is 23.2 Å².